The van der Waals surface area contributed by atoms with Crippen LogP contribution in [0.2, 0.25) is 0 Å². The second kappa shape index (κ2) is 8.45. The number of hydrogen-bond acceptors (Lipinski definition) is 4. The van der Waals surface area contributed by atoms with Crippen molar-refractivity contribution in [3.63, 3.8) is 0 Å². The molecule has 0 aromatic rings. The minimum atomic E-state index is -0.125. The highest BCUT2D eigenvalue weighted by molar-refractivity contribution is 5.74. The van der Waals surface area contributed by atoms with Crippen LogP contribution >= 0.6 is 0 Å². The Kier molecular flexibility index (Phi) is 7.99. The quantitative estimate of drug-likeness (QED) is 0.397. The molecular weight excluding hydrogens is 160 g/mol. The van der Waals surface area contributed by atoms with Gasteiger partial charge in [0.2, 0.25) is 5.91 Å². The van der Waals surface area contributed by atoms with Gasteiger partial charge < -0.3 is 10.1 Å². The Hall–Kier alpha value is -0.650. The van der Waals surface area contributed by atoms with E-state index in [9.17, 15) is 4.79 Å². The fraction of sp³-hybridized carbons (Fsp3) is 0.857. The highest BCUT2D eigenvalue weighted by Crippen LogP contribution is 1.77. The van der Waals surface area contributed by atoms with Gasteiger partial charge in [-0.05, 0) is 7.05 Å². The molecular formula is C7H16N2O3. The minimum Gasteiger partial charge on any atom is -0.382 e. The van der Waals surface area contributed by atoms with Crippen LogP contribution in [0.5, 0.6) is 0 Å². The van der Waals surface area contributed by atoms with Crippen molar-refractivity contribution in [3.8, 4) is 0 Å². The Bertz CT molecular complexity index is 119. The first-order valence-electron chi connectivity index (χ1n) is 3.85. The van der Waals surface area contributed by atoms with E-state index in [0.29, 0.717) is 26.2 Å². The van der Waals surface area contributed by atoms with Crippen LogP contribution in [0.25, 0.3) is 0 Å². The molecule has 0 rings (SSSR count). The topological polar surface area (TPSA) is 59.6 Å². The summed E-state index contributed by atoms with van der Waals surface area (Å²) in [4.78, 5) is 15.6. The number of amides is 1. The molecule has 2 N–H and O–H groups in total. The lowest BCUT2D eigenvalue weighted by Gasteiger charge is -2.04. The van der Waals surface area contributed by atoms with Gasteiger partial charge in [0.1, 0.15) is 0 Å². The third-order valence-corrected chi connectivity index (χ3v) is 1.18. The van der Waals surface area contributed by atoms with Crippen LogP contribution in [0.3, 0.4) is 0 Å². The van der Waals surface area contributed by atoms with Gasteiger partial charge >= 0.3 is 0 Å². The summed E-state index contributed by atoms with van der Waals surface area (Å²) in [7, 11) is 3.37. The second-order valence-corrected chi connectivity index (χ2v) is 2.22. The number of methoxy groups -OCH3 is 1. The average Bonchev–Trinajstić information content (AvgIpc) is 2.09. The van der Waals surface area contributed by atoms with Crippen LogP contribution in [0.4, 0.5) is 0 Å². The van der Waals surface area contributed by atoms with E-state index in [0.717, 1.165) is 0 Å². The van der Waals surface area contributed by atoms with Crippen molar-refractivity contribution in [2.45, 2.75) is 6.42 Å². The zero-order valence-corrected chi connectivity index (χ0v) is 7.55. The van der Waals surface area contributed by atoms with E-state index >= 15 is 0 Å². The summed E-state index contributed by atoms with van der Waals surface area (Å²) < 4.78 is 4.72. The van der Waals surface area contributed by atoms with Gasteiger partial charge in [-0.3, -0.25) is 9.63 Å². The Morgan fingerprint density at radius 2 is 2.17 bits per heavy atom. The monoisotopic (exact) mass is 176 g/mol. The molecule has 0 saturated carbocycles. The maximum atomic E-state index is 10.8. The Morgan fingerprint density at radius 1 is 1.42 bits per heavy atom. The van der Waals surface area contributed by atoms with Crippen LogP contribution in [-0.4, -0.2) is 39.8 Å². The maximum Gasteiger partial charge on any atom is 0.244 e. The third kappa shape index (κ3) is 7.46. The molecule has 0 aromatic carbocycles. The molecule has 0 unspecified atom stereocenters. The summed E-state index contributed by atoms with van der Waals surface area (Å²) in [5.74, 6) is -0.125. The van der Waals surface area contributed by atoms with Crippen LogP contribution in [0.15, 0.2) is 0 Å². The maximum absolute atomic E-state index is 10.8. The second-order valence-electron chi connectivity index (χ2n) is 2.22. The van der Waals surface area contributed by atoms with Gasteiger partial charge in [0.25, 0.3) is 0 Å². The van der Waals surface area contributed by atoms with Gasteiger partial charge in [0.15, 0.2) is 0 Å². The standard InChI is InChI=1S/C7H16N2O3/c1-8-4-3-7(10)9-12-6-5-11-2/h8H,3-6H2,1-2H3,(H,9,10). The SMILES string of the molecule is CNCCC(=O)NOCCOC. The number of hydrogen-bond donors (Lipinski definition) is 2. The van der Waals surface area contributed by atoms with Crippen LogP contribution < -0.4 is 10.8 Å². The molecule has 0 fully saturated rings. The molecule has 0 spiro atoms. The predicted octanol–water partition coefficient (Wildman–Crippen LogP) is -0.710. The van der Waals surface area contributed by atoms with Crippen molar-refractivity contribution in [3.05, 3.63) is 0 Å². The number of carbonyl (C=O) groups is 1. The highest BCUT2D eigenvalue weighted by Gasteiger charge is 1.98. The fourth-order valence-electron chi connectivity index (χ4n) is 0.546. The zero-order chi connectivity index (χ0) is 9.23. The largest absolute Gasteiger partial charge is 0.382 e. The van der Waals surface area contributed by atoms with Gasteiger partial charge in [-0.1, -0.05) is 0 Å². The highest BCUT2D eigenvalue weighted by atomic mass is 16.7. The molecule has 72 valence electrons. The van der Waals surface area contributed by atoms with Crippen LogP contribution in [-0.2, 0) is 14.4 Å². The predicted molar refractivity (Wildman–Crippen MR) is 44.5 cm³/mol. The Balaban J connectivity index is 3.08. The first-order valence-corrected chi connectivity index (χ1v) is 3.85. The molecule has 5 heteroatoms. The van der Waals surface area contributed by atoms with Crippen molar-refractivity contribution >= 4 is 5.91 Å². The molecule has 0 saturated heterocycles. The number of carbonyl (C=O) groups excluding carboxylic acids is 1. The molecule has 0 bridgehead atoms. The summed E-state index contributed by atoms with van der Waals surface area (Å²) >= 11 is 0. The molecule has 0 aromatic heterocycles. The Morgan fingerprint density at radius 3 is 2.75 bits per heavy atom. The molecule has 0 atom stereocenters. The molecule has 0 aliphatic rings. The zero-order valence-electron chi connectivity index (χ0n) is 7.55. The fourth-order valence-corrected chi connectivity index (χ4v) is 0.546. The summed E-state index contributed by atoms with van der Waals surface area (Å²) in [6, 6.07) is 0. The average molecular weight is 176 g/mol. The van der Waals surface area contributed by atoms with Gasteiger partial charge in [0.05, 0.1) is 13.2 Å². The lowest BCUT2D eigenvalue weighted by molar-refractivity contribution is -0.134. The molecule has 5 nitrogen and oxygen atoms in total. The number of rotatable bonds is 7. The summed E-state index contributed by atoms with van der Waals surface area (Å²) in [6.45, 7) is 1.51. The molecule has 1 amide bonds. The van der Waals surface area contributed by atoms with Crippen molar-refractivity contribution in [2.75, 3.05) is 33.9 Å². The van der Waals surface area contributed by atoms with Crippen molar-refractivity contribution in [2.24, 2.45) is 0 Å². The van der Waals surface area contributed by atoms with Crippen LogP contribution in [0, 0.1) is 0 Å². The van der Waals surface area contributed by atoms with E-state index in [1.807, 2.05) is 0 Å². The number of hydroxylamine groups is 1. The molecule has 0 radical (unpaired) electrons. The van der Waals surface area contributed by atoms with Crippen molar-refractivity contribution in [1.82, 2.24) is 10.8 Å². The van der Waals surface area contributed by atoms with E-state index < -0.39 is 0 Å². The smallest absolute Gasteiger partial charge is 0.244 e. The summed E-state index contributed by atoms with van der Waals surface area (Å²) in [6.07, 6.45) is 0.420. The van der Waals surface area contributed by atoms with Crippen molar-refractivity contribution in [1.29, 1.82) is 0 Å². The number of ether oxygens (including phenoxy) is 1. The van der Waals surface area contributed by atoms with Gasteiger partial charge in [0, 0.05) is 20.1 Å². The van der Waals surface area contributed by atoms with Crippen molar-refractivity contribution < 1.29 is 14.4 Å². The third-order valence-electron chi connectivity index (χ3n) is 1.18. The van der Waals surface area contributed by atoms with E-state index in [-0.39, 0.29) is 5.91 Å². The summed E-state index contributed by atoms with van der Waals surface area (Å²) in [5, 5.41) is 2.86. The minimum absolute atomic E-state index is 0.125. The first kappa shape index (κ1) is 11.4. The lowest BCUT2D eigenvalue weighted by atomic mass is 10.4. The molecule has 0 aliphatic heterocycles. The Labute approximate surface area is 72.4 Å². The van der Waals surface area contributed by atoms with Gasteiger partial charge in [-0.25, -0.2) is 5.48 Å². The van der Waals surface area contributed by atoms with E-state index in [2.05, 4.69) is 10.8 Å². The number of nitrogens with one attached hydrogen (secondary N) is 2. The molecule has 0 heterocycles. The molecule has 12 heavy (non-hydrogen) atoms. The van der Waals surface area contributed by atoms with E-state index in [1.54, 1.807) is 14.2 Å². The van der Waals surface area contributed by atoms with E-state index in [4.69, 9.17) is 9.57 Å². The normalized spacial score (nSPS) is 9.83. The lowest BCUT2D eigenvalue weighted by Crippen LogP contribution is -2.27. The summed E-state index contributed by atoms with van der Waals surface area (Å²) in [5.41, 5.74) is 2.29. The van der Waals surface area contributed by atoms with Crippen LogP contribution in [0.1, 0.15) is 6.42 Å². The molecule has 0 aliphatic carbocycles. The van der Waals surface area contributed by atoms with Gasteiger partial charge in [-0.2, -0.15) is 0 Å². The van der Waals surface area contributed by atoms with E-state index in [1.165, 1.54) is 0 Å². The first-order chi connectivity index (χ1) is 5.81. The van der Waals surface area contributed by atoms with Gasteiger partial charge in [-0.15, -0.1) is 0 Å².